The minimum Gasteiger partial charge on any atom is -0.337 e. The Bertz CT molecular complexity index is 874. The normalized spacial score (nSPS) is 20.2. The zero-order valence-electron chi connectivity index (χ0n) is 14.9. The highest BCUT2D eigenvalue weighted by Gasteiger charge is 2.52. The molecular weight excluding hydrogens is 333 g/mol. The van der Waals surface area contributed by atoms with Crippen LogP contribution in [0.1, 0.15) is 36.2 Å². The largest absolute Gasteiger partial charge is 0.337 e. The van der Waals surface area contributed by atoms with Crippen molar-refractivity contribution in [2.45, 2.75) is 20.3 Å². The molecule has 1 heterocycles. The van der Waals surface area contributed by atoms with Crippen LogP contribution in [0.3, 0.4) is 0 Å². The van der Waals surface area contributed by atoms with Gasteiger partial charge in [-0.1, -0.05) is 19.9 Å². The summed E-state index contributed by atoms with van der Waals surface area (Å²) in [6.45, 7) is 8.40. The number of carbonyl (C=O) groups excluding carboxylic acids is 2. The van der Waals surface area contributed by atoms with Gasteiger partial charge >= 0.3 is 0 Å². The Morgan fingerprint density at radius 1 is 1.42 bits per heavy atom. The number of ketones is 1. The Hall–Kier alpha value is -2.81. The molecule has 0 radical (unpaired) electrons. The molecule has 134 valence electrons. The number of likely N-dealkylation sites (tertiary alicyclic amines) is 1. The van der Waals surface area contributed by atoms with Crippen molar-refractivity contribution in [3.8, 4) is 6.07 Å². The van der Waals surface area contributed by atoms with E-state index in [0.717, 1.165) is 6.07 Å². The van der Waals surface area contributed by atoms with Gasteiger partial charge in [0.1, 0.15) is 5.82 Å². The van der Waals surface area contributed by atoms with E-state index in [1.165, 1.54) is 12.1 Å². The van der Waals surface area contributed by atoms with Gasteiger partial charge in [-0.15, -0.1) is 0 Å². The van der Waals surface area contributed by atoms with Gasteiger partial charge in [-0.2, -0.15) is 5.26 Å². The zero-order chi connectivity index (χ0) is 19.1. The summed E-state index contributed by atoms with van der Waals surface area (Å²) in [5.74, 6) is -1.02. The molecule has 2 aliphatic rings. The molecule has 1 saturated heterocycles. The smallest absolute Gasteiger partial charge is 0.256 e. The third-order valence-electron chi connectivity index (χ3n) is 5.09. The maximum Gasteiger partial charge on any atom is 0.256 e. The molecule has 1 aliphatic carbocycles. The van der Waals surface area contributed by atoms with Gasteiger partial charge in [-0.25, -0.2) is 4.39 Å². The second kappa shape index (κ2) is 6.17. The van der Waals surface area contributed by atoms with Crippen molar-refractivity contribution >= 4 is 18.4 Å². The van der Waals surface area contributed by atoms with Crippen molar-refractivity contribution in [3.05, 3.63) is 46.8 Å². The van der Waals surface area contributed by atoms with Gasteiger partial charge in [-0.3, -0.25) is 14.6 Å². The van der Waals surface area contributed by atoms with Crippen molar-refractivity contribution in [1.29, 1.82) is 5.26 Å². The van der Waals surface area contributed by atoms with Crippen molar-refractivity contribution in [2.24, 2.45) is 15.8 Å². The third kappa shape index (κ3) is 2.94. The van der Waals surface area contributed by atoms with E-state index in [4.69, 9.17) is 5.26 Å². The van der Waals surface area contributed by atoms with Crippen LogP contribution in [0.4, 0.5) is 4.39 Å². The Morgan fingerprint density at radius 3 is 2.69 bits per heavy atom. The predicted molar refractivity (Wildman–Crippen MR) is 95.4 cm³/mol. The lowest BCUT2D eigenvalue weighted by molar-refractivity contribution is -0.127. The molecule has 1 aliphatic heterocycles. The van der Waals surface area contributed by atoms with E-state index in [9.17, 15) is 14.0 Å². The van der Waals surface area contributed by atoms with E-state index in [2.05, 4.69) is 11.7 Å². The molecule has 0 saturated carbocycles. The Labute approximate surface area is 151 Å². The Balaban J connectivity index is 1.81. The average Bonchev–Trinajstić information content (AvgIpc) is 2.56. The van der Waals surface area contributed by atoms with Gasteiger partial charge in [0.05, 0.1) is 23.7 Å². The molecule has 1 aromatic rings. The third-order valence-corrected chi connectivity index (χ3v) is 5.09. The van der Waals surface area contributed by atoms with E-state index in [-0.39, 0.29) is 28.9 Å². The van der Waals surface area contributed by atoms with Crippen LogP contribution < -0.4 is 0 Å². The van der Waals surface area contributed by atoms with E-state index in [1.54, 1.807) is 4.90 Å². The van der Waals surface area contributed by atoms with Crippen LogP contribution in [0, 0.1) is 28.0 Å². The molecule has 0 aromatic heterocycles. The second-order valence-electron chi connectivity index (χ2n) is 7.77. The number of carbonyl (C=O) groups is 2. The summed E-state index contributed by atoms with van der Waals surface area (Å²) in [6, 6.07) is 5.70. The molecular formula is C20H20FN3O2. The minimum absolute atomic E-state index is 0.0399. The number of halogens is 1. The van der Waals surface area contributed by atoms with Crippen LogP contribution in [0.25, 0.3) is 0 Å². The quantitative estimate of drug-likeness (QED) is 0.784. The number of hydrogen-bond acceptors (Lipinski definition) is 4. The van der Waals surface area contributed by atoms with Crippen molar-refractivity contribution in [1.82, 2.24) is 4.90 Å². The number of nitrogens with zero attached hydrogens (tertiary/aromatic N) is 3. The van der Waals surface area contributed by atoms with Gasteiger partial charge < -0.3 is 4.90 Å². The van der Waals surface area contributed by atoms with E-state index in [1.807, 2.05) is 26.0 Å². The van der Waals surface area contributed by atoms with E-state index < -0.39 is 17.1 Å². The summed E-state index contributed by atoms with van der Waals surface area (Å²) in [5, 5.41) is 8.81. The van der Waals surface area contributed by atoms with Gasteiger partial charge in [0.2, 0.25) is 0 Å². The number of aliphatic imine (C=N–C) groups is 1. The van der Waals surface area contributed by atoms with Crippen LogP contribution in [0.2, 0.25) is 0 Å². The molecule has 0 unspecified atom stereocenters. The summed E-state index contributed by atoms with van der Waals surface area (Å²) < 4.78 is 14.1. The zero-order valence-corrected chi connectivity index (χ0v) is 14.9. The monoisotopic (exact) mass is 353 g/mol. The summed E-state index contributed by atoms with van der Waals surface area (Å²) >= 11 is 0. The van der Waals surface area contributed by atoms with E-state index >= 15 is 0 Å². The standard InChI is InChI=1S/C20H20FN3O2/c1-19(2)10-20(7-14(9-23-3)17(19)25)11-24(12-20)18(26)15-5-4-13(8-22)6-16(15)21/h4-7H,3,9-12H2,1-2H3. The number of amides is 1. The lowest BCUT2D eigenvalue weighted by atomic mass is 9.61. The molecule has 26 heavy (non-hydrogen) atoms. The summed E-state index contributed by atoms with van der Waals surface area (Å²) in [4.78, 5) is 30.5. The van der Waals surface area contributed by atoms with Crippen molar-refractivity contribution in [3.63, 3.8) is 0 Å². The van der Waals surface area contributed by atoms with E-state index in [0.29, 0.717) is 25.1 Å². The van der Waals surface area contributed by atoms with Gasteiger partial charge in [0.25, 0.3) is 5.91 Å². The fourth-order valence-electron chi connectivity index (χ4n) is 4.11. The first kappa shape index (κ1) is 18.0. The van der Waals surface area contributed by atoms with Crippen LogP contribution >= 0.6 is 0 Å². The molecule has 1 aromatic carbocycles. The summed E-state index contributed by atoms with van der Waals surface area (Å²) in [6.07, 6.45) is 2.56. The summed E-state index contributed by atoms with van der Waals surface area (Å²) in [5.41, 5.74) is -0.0363. The highest BCUT2D eigenvalue weighted by molar-refractivity contribution is 6.01. The maximum atomic E-state index is 14.1. The average molecular weight is 353 g/mol. The number of hydrogen-bond donors (Lipinski definition) is 0. The molecule has 1 fully saturated rings. The second-order valence-corrected chi connectivity index (χ2v) is 7.77. The van der Waals surface area contributed by atoms with Crippen LogP contribution in [-0.4, -0.2) is 42.9 Å². The molecule has 6 heteroatoms. The first-order valence-corrected chi connectivity index (χ1v) is 8.39. The van der Waals surface area contributed by atoms with Crippen molar-refractivity contribution < 1.29 is 14.0 Å². The topological polar surface area (TPSA) is 73.5 Å². The number of nitriles is 1. The predicted octanol–water partition coefficient (Wildman–Crippen LogP) is 2.77. The molecule has 0 N–H and O–H groups in total. The maximum absolute atomic E-state index is 14.1. The summed E-state index contributed by atoms with van der Waals surface area (Å²) in [7, 11) is 0. The van der Waals surface area contributed by atoms with Crippen LogP contribution in [0.15, 0.2) is 34.8 Å². The van der Waals surface area contributed by atoms with Crippen LogP contribution in [-0.2, 0) is 4.79 Å². The molecule has 3 rings (SSSR count). The van der Waals surface area contributed by atoms with Gasteiger partial charge in [0, 0.05) is 29.5 Å². The lowest BCUT2D eigenvalue weighted by Gasteiger charge is -2.53. The highest BCUT2D eigenvalue weighted by Crippen LogP contribution is 2.48. The number of rotatable bonds is 3. The molecule has 0 atom stereocenters. The highest BCUT2D eigenvalue weighted by atomic mass is 19.1. The fraction of sp³-hybridized carbons (Fsp3) is 0.400. The number of benzene rings is 1. The minimum atomic E-state index is -0.693. The molecule has 5 nitrogen and oxygen atoms in total. The first-order chi connectivity index (χ1) is 12.2. The fourth-order valence-corrected chi connectivity index (χ4v) is 4.11. The molecule has 0 bridgehead atoms. The first-order valence-electron chi connectivity index (χ1n) is 8.39. The lowest BCUT2D eigenvalue weighted by Crippen LogP contribution is -2.61. The van der Waals surface area contributed by atoms with Gasteiger partial charge in [-0.05, 0) is 31.3 Å². The Morgan fingerprint density at radius 2 is 2.12 bits per heavy atom. The Kier molecular flexibility index (Phi) is 4.27. The van der Waals surface area contributed by atoms with Gasteiger partial charge in [0.15, 0.2) is 5.78 Å². The molecule has 1 amide bonds. The number of Topliss-reactive ketones (excluding diaryl/α,β-unsaturated/α-hetero) is 1. The van der Waals surface area contributed by atoms with Crippen LogP contribution in [0.5, 0.6) is 0 Å². The SMILES string of the molecule is C=NCC1=CC2(CN(C(=O)c3ccc(C#N)cc3F)C2)CC(C)(C)C1=O. The van der Waals surface area contributed by atoms with Crippen molar-refractivity contribution in [2.75, 3.05) is 19.6 Å². The molecule has 1 spiro atoms.